The number of carbonyl (C=O) groups is 1. The average molecular weight is 278 g/mol. The summed E-state index contributed by atoms with van der Waals surface area (Å²) in [4.78, 5) is 14.2. The van der Waals surface area contributed by atoms with Crippen LogP contribution in [0.15, 0.2) is 24.3 Å². The Bertz CT molecular complexity index is 452. The molecule has 0 aliphatic rings. The summed E-state index contributed by atoms with van der Waals surface area (Å²) < 4.78 is 0. The molecule has 1 aromatic rings. The molecular weight excluding hydrogens is 252 g/mol. The van der Waals surface area contributed by atoms with E-state index < -0.39 is 5.60 Å². The molecule has 0 spiro atoms. The van der Waals surface area contributed by atoms with Gasteiger partial charge in [-0.2, -0.15) is 0 Å². The highest BCUT2D eigenvalue weighted by molar-refractivity contribution is 5.94. The van der Waals surface area contributed by atoms with Gasteiger partial charge in [0.1, 0.15) is 0 Å². The van der Waals surface area contributed by atoms with Gasteiger partial charge >= 0.3 is 0 Å². The quantitative estimate of drug-likeness (QED) is 0.840. The second-order valence-electron chi connectivity index (χ2n) is 5.91. The van der Waals surface area contributed by atoms with E-state index >= 15 is 0 Å². The van der Waals surface area contributed by atoms with Crippen molar-refractivity contribution in [2.24, 2.45) is 0 Å². The number of nitrogens with zero attached hydrogens (tertiary/aromatic N) is 1. The van der Waals surface area contributed by atoms with Gasteiger partial charge in [0.15, 0.2) is 0 Å². The first-order valence-corrected chi connectivity index (χ1v) is 7.07. The third-order valence-corrected chi connectivity index (χ3v) is 3.21. The van der Waals surface area contributed by atoms with E-state index in [9.17, 15) is 9.90 Å². The molecule has 0 saturated carbocycles. The van der Waals surface area contributed by atoms with Gasteiger partial charge in [-0.1, -0.05) is 19.1 Å². The van der Waals surface area contributed by atoms with Gasteiger partial charge in [0, 0.05) is 12.2 Å². The number of hydrogen-bond acceptors (Lipinski definition) is 3. The first-order chi connectivity index (χ1) is 9.23. The predicted molar refractivity (Wildman–Crippen MR) is 82.8 cm³/mol. The van der Waals surface area contributed by atoms with E-state index in [0.717, 1.165) is 11.3 Å². The number of aliphatic hydroxyl groups is 1. The van der Waals surface area contributed by atoms with E-state index in [1.54, 1.807) is 13.8 Å². The van der Waals surface area contributed by atoms with E-state index in [1.165, 1.54) is 0 Å². The van der Waals surface area contributed by atoms with Crippen LogP contribution in [0.25, 0.3) is 0 Å². The van der Waals surface area contributed by atoms with Crippen LogP contribution >= 0.6 is 0 Å². The van der Waals surface area contributed by atoms with Gasteiger partial charge in [0.05, 0.1) is 11.6 Å². The first kappa shape index (κ1) is 16.7. The van der Waals surface area contributed by atoms with E-state index in [0.29, 0.717) is 13.1 Å². The SMILES string of the molecule is CCN(CC(C)(C)O)C(C)C(=O)Nc1cccc(C)c1. The van der Waals surface area contributed by atoms with Gasteiger partial charge in [-0.25, -0.2) is 0 Å². The van der Waals surface area contributed by atoms with Crippen LogP contribution < -0.4 is 5.32 Å². The highest BCUT2D eigenvalue weighted by Gasteiger charge is 2.25. The van der Waals surface area contributed by atoms with Crippen LogP contribution in [0.1, 0.15) is 33.3 Å². The molecule has 0 aromatic heterocycles. The Hall–Kier alpha value is -1.39. The fraction of sp³-hybridized carbons (Fsp3) is 0.562. The van der Waals surface area contributed by atoms with Gasteiger partial charge in [-0.05, 0) is 51.9 Å². The third kappa shape index (κ3) is 5.31. The summed E-state index contributed by atoms with van der Waals surface area (Å²) in [7, 11) is 0. The molecule has 1 atom stereocenters. The number of aryl methyl sites for hydroxylation is 1. The van der Waals surface area contributed by atoms with Crippen LogP contribution in [0, 0.1) is 6.92 Å². The molecule has 0 saturated heterocycles. The molecule has 112 valence electrons. The van der Waals surface area contributed by atoms with E-state index in [2.05, 4.69) is 5.32 Å². The number of likely N-dealkylation sites (N-methyl/N-ethyl adjacent to an activating group) is 1. The number of carbonyl (C=O) groups excluding carboxylic acids is 1. The molecule has 0 bridgehead atoms. The summed E-state index contributed by atoms with van der Waals surface area (Å²) >= 11 is 0. The van der Waals surface area contributed by atoms with Crippen LogP contribution in [0.3, 0.4) is 0 Å². The van der Waals surface area contributed by atoms with Gasteiger partial charge in [-0.3, -0.25) is 9.69 Å². The molecule has 0 aliphatic heterocycles. The van der Waals surface area contributed by atoms with Crippen LogP contribution in [-0.2, 0) is 4.79 Å². The second-order valence-corrected chi connectivity index (χ2v) is 5.91. The standard InChI is InChI=1S/C16H26N2O2/c1-6-18(11-16(4,5)20)13(3)15(19)17-14-9-7-8-12(2)10-14/h7-10,13,20H,6,11H2,1-5H3,(H,17,19). The second kappa shape index (κ2) is 6.86. The van der Waals surface area contributed by atoms with Crippen molar-refractivity contribution in [1.29, 1.82) is 0 Å². The Morgan fingerprint density at radius 3 is 2.60 bits per heavy atom. The summed E-state index contributed by atoms with van der Waals surface area (Å²) in [5, 5.41) is 12.8. The predicted octanol–water partition coefficient (Wildman–Crippen LogP) is 2.41. The zero-order chi connectivity index (χ0) is 15.3. The Kier molecular flexibility index (Phi) is 5.72. The average Bonchev–Trinajstić information content (AvgIpc) is 2.34. The van der Waals surface area contributed by atoms with Crippen molar-refractivity contribution in [3.8, 4) is 0 Å². The summed E-state index contributed by atoms with van der Waals surface area (Å²) in [6.45, 7) is 10.5. The highest BCUT2D eigenvalue weighted by Crippen LogP contribution is 2.13. The molecule has 0 heterocycles. The van der Waals surface area contributed by atoms with Crippen molar-refractivity contribution < 1.29 is 9.90 Å². The summed E-state index contributed by atoms with van der Waals surface area (Å²) in [6.07, 6.45) is 0. The lowest BCUT2D eigenvalue weighted by Crippen LogP contribution is -2.48. The molecule has 0 fully saturated rings. The molecule has 1 rings (SSSR count). The maximum atomic E-state index is 12.3. The molecule has 1 amide bonds. The first-order valence-electron chi connectivity index (χ1n) is 7.07. The van der Waals surface area contributed by atoms with Gasteiger partial charge in [0.25, 0.3) is 0 Å². The highest BCUT2D eigenvalue weighted by atomic mass is 16.3. The van der Waals surface area contributed by atoms with Gasteiger partial charge < -0.3 is 10.4 Å². The van der Waals surface area contributed by atoms with Crippen molar-refractivity contribution in [2.45, 2.75) is 46.3 Å². The van der Waals surface area contributed by atoms with Crippen molar-refractivity contribution in [2.75, 3.05) is 18.4 Å². The lowest BCUT2D eigenvalue weighted by atomic mass is 10.1. The number of benzene rings is 1. The Balaban J connectivity index is 2.70. The molecule has 4 heteroatoms. The number of hydrogen-bond donors (Lipinski definition) is 2. The molecule has 4 nitrogen and oxygen atoms in total. The normalized spacial score (nSPS) is 13.3. The molecule has 1 unspecified atom stereocenters. The third-order valence-electron chi connectivity index (χ3n) is 3.21. The summed E-state index contributed by atoms with van der Waals surface area (Å²) in [5.74, 6) is -0.0540. The fourth-order valence-corrected chi connectivity index (χ4v) is 2.15. The minimum absolute atomic E-state index is 0.0540. The van der Waals surface area contributed by atoms with E-state index in [-0.39, 0.29) is 11.9 Å². The van der Waals surface area contributed by atoms with Gasteiger partial charge in [0.2, 0.25) is 5.91 Å². The number of rotatable bonds is 6. The Labute approximate surface area is 121 Å². The lowest BCUT2D eigenvalue weighted by molar-refractivity contribution is -0.121. The van der Waals surface area contributed by atoms with Crippen LogP contribution in [-0.4, -0.2) is 40.6 Å². The topological polar surface area (TPSA) is 52.6 Å². The molecule has 20 heavy (non-hydrogen) atoms. The molecule has 2 N–H and O–H groups in total. The zero-order valence-electron chi connectivity index (χ0n) is 13.1. The number of amides is 1. The van der Waals surface area contributed by atoms with Gasteiger partial charge in [-0.15, -0.1) is 0 Å². The Morgan fingerprint density at radius 1 is 1.45 bits per heavy atom. The molecule has 0 radical (unpaired) electrons. The summed E-state index contributed by atoms with van der Waals surface area (Å²) in [5.41, 5.74) is 1.11. The van der Waals surface area contributed by atoms with Crippen molar-refractivity contribution in [1.82, 2.24) is 4.90 Å². The van der Waals surface area contributed by atoms with Crippen LogP contribution in [0.5, 0.6) is 0 Å². The maximum Gasteiger partial charge on any atom is 0.241 e. The van der Waals surface area contributed by atoms with Crippen molar-refractivity contribution >= 4 is 11.6 Å². The smallest absolute Gasteiger partial charge is 0.241 e. The minimum Gasteiger partial charge on any atom is -0.389 e. The lowest BCUT2D eigenvalue weighted by Gasteiger charge is -2.32. The van der Waals surface area contributed by atoms with E-state index in [1.807, 2.05) is 49.9 Å². The number of nitrogens with one attached hydrogen (secondary N) is 1. The van der Waals surface area contributed by atoms with Crippen LogP contribution in [0.4, 0.5) is 5.69 Å². The van der Waals surface area contributed by atoms with E-state index in [4.69, 9.17) is 0 Å². The molecule has 1 aromatic carbocycles. The molecular formula is C16H26N2O2. The van der Waals surface area contributed by atoms with Crippen molar-refractivity contribution in [3.63, 3.8) is 0 Å². The Morgan fingerprint density at radius 2 is 2.10 bits per heavy atom. The number of anilines is 1. The molecule has 0 aliphatic carbocycles. The van der Waals surface area contributed by atoms with Crippen LogP contribution in [0.2, 0.25) is 0 Å². The summed E-state index contributed by atoms with van der Waals surface area (Å²) in [6, 6.07) is 7.45. The maximum absolute atomic E-state index is 12.3. The fourth-order valence-electron chi connectivity index (χ4n) is 2.15. The zero-order valence-corrected chi connectivity index (χ0v) is 13.1. The largest absolute Gasteiger partial charge is 0.389 e. The minimum atomic E-state index is -0.812. The van der Waals surface area contributed by atoms with Crippen molar-refractivity contribution in [3.05, 3.63) is 29.8 Å². The monoisotopic (exact) mass is 278 g/mol.